The summed E-state index contributed by atoms with van der Waals surface area (Å²) in [4.78, 5) is 24.0. The average molecular weight is 456 g/mol. The van der Waals surface area contributed by atoms with Crippen LogP contribution in [0.25, 0.3) is 0 Å². The first kappa shape index (κ1) is 22.2. The van der Waals surface area contributed by atoms with Crippen LogP contribution >= 0.6 is 11.8 Å². The van der Waals surface area contributed by atoms with Crippen LogP contribution in [0.15, 0.2) is 53.4 Å². The Kier molecular flexibility index (Phi) is 6.74. The number of carbonyl (C=O) groups excluding carboxylic acids is 1. The Morgan fingerprint density at radius 3 is 2.50 bits per heavy atom. The van der Waals surface area contributed by atoms with Gasteiger partial charge in [0.25, 0.3) is 0 Å². The summed E-state index contributed by atoms with van der Waals surface area (Å²) in [5, 5.41) is 10.6. The van der Waals surface area contributed by atoms with Gasteiger partial charge in [0.2, 0.25) is 15.9 Å². The van der Waals surface area contributed by atoms with E-state index >= 15 is 0 Å². The minimum absolute atomic E-state index is 0.0251. The number of rotatable bonds is 7. The lowest BCUT2D eigenvalue weighted by Crippen LogP contribution is -2.50. The quantitative estimate of drug-likeness (QED) is 0.659. The summed E-state index contributed by atoms with van der Waals surface area (Å²) in [6.07, 6.45) is -0.102. The van der Waals surface area contributed by atoms with Crippen molar-refractivity contribution in [2.24, 2.45) is 0 Å². The maximum Gasteiger partial charge on any atom is 0.326 e. The van der Waals surface area contributed by atoms with E-state index in [9.17, 15) is 31.9 Å². The Labute approximate surface area is 176 Å². The molecule has 2 N–H and O–H groups in total. The zero-order chi connectivity index (χ0) is 21.9. The SMILES string of the molecule is O=C(O)[C@H](Cc1ccc(F)cc1)NC(=O)[C@@H]1SCCN1S(=O)(=O)c1cccc(F)c1. The molecule has 1 aliphatic heterocycles. The van der Waals surface area contributed by atoms with Gasteiger partial charge in [-0.1, -0.05) is 18.2 Å². The van der Waals surface area contributed by atoms with Crippen LogP contribution in [0.5, 0.6) is 0 Å². The number of halogens is 2. The number of nitrogens with zero attached hydrogens (tertiary/aromatic N) is 1. The molecule has 160 valence electrons. The molecular weight excluding hydrogens is 438 g/mol. The molecule has 0 saturated carbocycles. The minimum Gasteiger partial charge on any atom is -0.480 e. The third-order valence-electron chi connectivity index (χ3n) is 4.44. The predicted molar refractivity (Wildman–Crippen MR) is 106 cm³/mol. The lowest BCUT2D eigenvalue weighted by molar-refractivity contribution is -0.141. The Balaban J connectivity index is 1.77. The molecule has 0 spiro atoms. The molecule has 0 radical (unpaired) electrons. The second-order valence-corrected chi connectivity index (χ2v) is 9.60. The van der Waals surface area contributed by atoms with Gasteiger partial charge in [-0.3, -0.25) is 4.79 Å². The van der Waals surface area contributed by atoms with Gasteiger partial charge in [-0.2, -0.15) is 4.31 Å². The van der Waals surface area contributed by atoms with E-state index < -0.39 is 44.9 Å². The molecule has 2 aromatic rings. The van der Waals surface area contributed by atoms with Crippen LogP contribution in [0.1, 0.15) is 5.56 Å². The normalized spacial score (nSPS) is 18.1. The molecule has 2 aromatic carbocycles. The maximum atomic E-state index is 13.5. The van der Waals surface area contributed by atoms with E-state index in [0.29, 0.717) is 11.3 Å². The molecular formula is C19H18F2N2O5S2. The van der Waals surface area contributed by atoms with Gasteiger partial charge in [0.15, 0.2) is 0 Å². The second kappa shape index (κ2) is 9.11. The highest BCUT2D eigenvalue weighted by molar-refractivity contribution is 8.02. The van der Waals surface area contributed by atoms with E-state index in [1.807, 2.05) is 0 Å². The molecule has 1 aliphatic rings. The van der Waals surface area contributed by atoms with E-state index in [2.05, 4.69) is 5.32 Å². The van der Waals surface area contributed by atoms with Gasteiger partial charge >= 0.3 is 5.97 Å². The molecule has 0 unspecified atom stereocenters. The summed E-state index contributed by atoms with van der Waals surface area (Å²) < 4.78 is 53.2. The van der Waals surface area contributed by atoms with E-state index in [4.69, 9.17) is 0 Å². The summed E-state index contributed by atoms with van der Waals surface area (Å²) in [6, 6.07) is 8.28. The van der Waals surface area contributed by atoms with Crippen molar-refractivity contribution in [1.29, 1.82) is 0 Å². The smallest absolute Gasteiger partial charge is 0.326 e. The van der Waals surface area contributed by atoms with Gasteiger partial charge in [0.05, 0.1) is 4.90 Å². The standard InChI is InChI=1S/C19H18F2N2O5S2/c20-13-6-4-12(5-7-13)10-16(19(25)26)22-17(24)18-23(8-9-29-18)30(27,28)15-3-1-2-14(21)11-15/h1-7,11,16,18H,8-10H2,(H,22,24)(H,25,26)/t16-,18-/m0/s1. The van der Waals surface area contributed by atoms with E-state index in [0.717, 1.165) is 28.2 Å². The maximum absolute atomic E-state index is 13.5. The highest BCUT2D eigenvalue weighted by Crippen LogP contribution is 2.30. The van der Waals surface area contributed by atoms with Crippen molar-refractivity contribution in [1.82, 2.24) is 9.62 Å². The van der Waals surface area contributed by atoms with E-state index in [1.165, 1.54) is 36.4 Å². The first-order valence-corrected chi connectivity index (χ1v) is 11.3. The largest absolute Gasteiger partial charge is 0.480 e. The first-order chi connectivity index (χ1) is 14.2. The fourth-order valence-corrected chi connectivity index (χ4v) is 6.09. The van der Waals surface area contributed by atoms with Crippen molar-refractivity contribution in [3.05, 3.63) is 65.7 Å². The predicted octanol–water partition coefficient (Wildman–Crippen LogP) is 1.84. The number of amides is 1. The summed E-state index contributed by atoms with van der Waals surface area (Å²) >= 11 is 1.04. The third-order valence-corrected chi connectivity index (χ3v) is 7.64. The van der Waals surface area contributed by atoms with Crippen LogP contribution in [0.2, 0.25) is 0 Å². The molecule has 0 aromatic heterocycles. The number of aliphatic carboxylic acids is 1. The third kappa shape index (κ3) is 4.97. The van der Waals surface area contributed by atoms with E-state index in [-0.39, 0.29) is 17.9 Å². The number of carbonyl (C=O) groups is 2. The van der Waals surface area contributed by atoms with Gasteiger partial charge in [-0.15, -0.1) is 11.8 Å². The van der Waals surface area contributed by atoms with Crippen LogP contribution < -0.4 is 5.32 Å². The highest BCUT2D eigenvalue weighted by atomic mass is 32.2. The fourth-order valence-electron chi connectivity index (χ4n) is 2.97. The first-order valence-electron chi connectivity index (χ1n) is 8.85. The van der Waals surface area contributed by atoms with Crippen molar-refractivity contribution >= 4 is 33.7 Å². The van der Waals surface area contributed by atoms with Crippen molar-refractivity contribution < 1.29 is 31.9 Å². The Morgan fingerprint density at radius 2 is 1.87 bits per heavy atom. The van der Waals surface area contributed by atoms with Crippen molar-refractivity contribution in [3.8, 4) is 0 Å². The number of hydrogen-bond donors (Lipinski definition) is 2. The van der Waals surface area contributed by atoms with Crippen molar-refractivity contribution in [2.75, 3.05) is 12.3 Å². The minimum atomic E-state index is -4.15. The Hall–Kier alpha value is -2.50. The van der Waals surface area contributed by atoms with Gasteiger partial charge in [0, 0.05) is 18.7 Å². The molecule has 1 fully saturated rings. The lowest BCUT2D eigenvalue weighted by Gasteiger charge is -2.24. The van der Waals surface area contributed by atoms with Gasteiger partial charge in [-0.05, 0) is 35.9 Å². The molecule has 1 heterocycles. The highest BCUT2D eigenvalue weighted by Gasteiger charge is 2.41. The zero-order valence-corrected chi connectivity index (χ0v) is 17.1. The average Bonchev–Trinajstić information content (AvgIpc) is 3.20. The number of carboxylic acids is 1. The summed E-state index contributed by atoms with van der Waals surface area (Å²) in [6.45, 7) is 0.0251. The van der Waals surface area contributed by atoms with Crippen LogP contribution in [0.3, 0.4) is 0 Å². The Morgan fingerprint density at radius 1 is 1.17 bits per heavy atom. The van der Waals surface area contributed by atoms with Crippen LogP contribution in [0.4, 0.5) is 8.78 Å². The molecule has 7 nitrogen and oxygen atoms in total. The fraction of sp³-hybridized carbons (Fsp3) is 0.263. The molecule has 1 saturated heterocycles. The summed E-state index contributed by atoms with van der Waals surface area (Å²) in [7, 11) is -4.15. The molecule has 0 aliphatic carbocycles. The molecule has 2 atom stereocenters. The number of thioether (sulfide) groups is 1. The zero-order valence-electron chi connectivity index (χ0n) is 15.5. The van der Waals surface area contributed by atoms with Crippen molar-refractivity contribution in [2.45, 2.75) is 22.7 Å². The Bertz CT molecular complexity index is 1050. The van der Waals surface area contributed by atoms with Crippen LogP contribution in [-0.2, 0) is 26.0 Å². The summed E-state index contributed by atoms with van der Waals surface area (Å²) in [5.41, 5.74) is 0.493. The van der Waals surface area contributed by atoms with Crippen LogP contribution in [-0.4, -0.2) is 53.4 Å². The molecule has 30 heavy (non-hydrogen) atoms. The monoisotopic (exact) mass is 456 g/mol. The summed E-state index contributed by atoms with van der Waals surface area (Å²) in [5.74, 6) is -2.98. The number of carboxylic acid groups (broad SMARTS) is 1. The molecule has 1 amide bonds. The van der Waals surface area contributed by atoms with Gasteiger partial charge in [0.1, 0.15) is 23.1 Å². The van der Waals surface area contributed by atoms with Crippen LogP contribution in [0, 0.1) is 11.6 Å². The van der Waals surface area contributed by atoms with E-state index in [1.54, 1.807) is 0 Å². The molecule has 3 rings (SSSR count). The van der Waals surface area contributed by atoms with Gasteiger partial charge in [-0.25, -0.2) is 22.0 Å². The number of hydrogen-bond acceptors (Lipinski definition) is 5. The second-order valence-electron chi connectivity index (χ2n) is 6.53. The number of nitrogens with one attached hydrogen (secondary N) is 1. The lowest BCUT2D eigenvalue weighted by atomic mass is 10.1. The van der Waals surface area contributed by atoms with Gasteiger partial charge < -0.3 is 10.4 Å². The topological polar surface area (TPSA) is 104 Å². The number of sulfonamides is 1. The number of benzene rings is 2. The van der Waals surface area contributed by atoms with Crippen molar-refractivity contribution in [3.63, 3.8) is 0 Å². The molecule has 0 bridgehead atoms. The molecule has 11 heteroatoms.